The Morgan fingerprint density at radius 1 is 0.920 bits per heavy atom. The molecule has 3 nitrogen and oxygen atoms in total. The zero-order valence-corrected chi connectivity index (χ0v) is 13.0. The molecule has 0 radical (unpaired) electrons. The molecule has 4 aromatic rings. The Kier molecular flexibility index (Phi) is 3.25. The van der Waals surface area contributed by atoms with E-state index < -0.39 is 11.7 Å². The van der Waals surface area contributed by atoms with Crippen molar-refractivity contribution in [3.05, 3.63) is 64.3 Å². The molecule has 0 aliphatic carbocycles. The summed E-state index contributed by atoms with van der Waals surface area (Å²) in [5, 5.41) is 1.19. The Hall–Kier alpha value is -3.02. The van der Waals surface area contributed by atoms with Crippen molar-refractivity contribution in [3.63, 3.8) is 0 Å². The van der Waals surface area contributed by atoms with Gasteiger partial charge in [-0.25, -0.2) is 0 Å². The molecule has 0 fully saturated rings. The van der Waals surface area contributed by atoms with E-state index in [1.165, 1.54) is 13.2 Å². The maximum Gasteiger partial charge on any atom is 0.416 e. The SMILES string of the molecule is COc1ccc2c(=O)c3c(ccc4ccc(C(F)(F)F)cc43)oc2c1. The molecule has 0 aliphatic rings. The van der Waals surface area contributed by atoms with Crippen LogP contribution in [0.25, 0.3) is 32.7 Å². The van der Waals surface area contributed by atoms with Crippen LogP contribution in [-0.4, -0.2) is 7.11 Å². The predicted molar refractivity (Wildman–Crippen MR) is 89.1 cm³/mol. The van der Waals surface area contributed by atoms with E-state index in [-0.39, 0.29) is 21.8 Å². The number of methoxy groups -OCH3 is 1. The van der Waals surface area contributed by atoms with Gasteiger partial charge in [-0.1, -0.05) is 12.1 Å². The van der Waals surface area contributed by atoms with Gasteiger partial charge in [-0.2, -0.15) is 13.2 Å². The first-order valence-corrected chi connectivity index (χ1v) is 7.43. The highest BCUT2D eigenvalue weighted by Gasteiger charge is 2.30. The van der Waals surface area contributed by atoms with Gasteiger partial charge in [0.05, 0.1) is 23.4 Å². The fourth-order valence-corrected chi connectivity index (χ4v) is 2.95. The molecule has 0 spiro atoms. The van der Waals surface area contributed by atoms with Crippen LogP contribution in [0.5, 0.6) is 5.75 Å². The fraction of sp³-hybridized carbons (Fsp3) is 0.105. The molecule has 4 rings (SSSR count). The molecular formula is C19H11F3O3. The second-order valence-corrected chi connectivity index (χ2v) is 5.67. The normalized spacial score (nSPS) is 12.2. The van der Waals surface area contributed by atoms with Crippen LogP contribution in [0.3, 0.4) is 0 Å². The van der Waals surface area contributed by atoms with Crippen molar-refractivity contribution in [1.82, 2.24) is 0 Å². The van der Waals surface area contributed by atoms with Crippen LogP contribution in [0.15, 0.2) is 57.7 Å². The summed E-state index contributed by atoms with van der Waals surface area (Å²) >= 11 is 0. The van der Waals surface area contributed by atoms with Crippen molar-refractivity contribution in [2.24, 2.45) is 0 Å². The first-order chi connectivity index (χ1) is 11.9. The van der Waals surface area contributed by atoms with Crippen molar-refractivity contribution in [3.8, 4) is 5.75 Å². The lowest BCUT2D eigenvalue weighted by atomic mass is 10.0. The lowest BCUT2D eigenvalue weighted by Gasteiger charge is -2.10. The number of rotatable bonds is 1. The standard InChI is InChI=1S/C19H11F3O3/c1-24-12-5-6-13-16(9-12)25-15-7-3-10-2-4-11(19(20,21)22)8-14(10)17(15)18(13)23/h2-9H,1H3. The maximum absolute atomic E-state index is 13.0. The highest BCUT2D eigenvalue weighted by molar-refractivity contribution is 6.08. The van der Waals surface area contributed by atoms with Crippen LogP contribution in [0.2, 0.25) is 0 Å². The quantitative estimate of drug-likeness (QED) is 0.355. The molecular weight excluding hydrogens is 333 g/mol. The van der Waals surface area contributed by atoms with Gasteiger partial charge in [0.25, 0.3) is 0 Å². The van der Waals surface area contributed by atoms with Gasteiger partial charge in [0.2, 0.25) is 5.43 Å². The van der Waals surface area contributed by atoms with Gasteiger partial charge in [0.15, 0.2) is 0 Å². The summed E-state index contributed by atoms with van der Waals surface area (Å²) in [6, 6.07) is 11.3. The summed E-state index contributed by atoms with van der Waals surface area (Å²) in [6.45, 7) is 0. The van der Waals surface area contributed by atoms with Gasteiger partial charge < -0.3 is 9.15 Å². The van der Waals surface area contributed by atoms with Gasteiger partial charge in [-0.15, -0.1) is 0 Å². The van der Waals surface area contributed by atoms with Crippen molar-refractivity contribution >= 4 is 32.7 Å². The molecule has 0 unspecified atom stereocenters. The monoisotopic (exact) mass is 344 g/mol. The van der Waals surface area contributed by atoms with E-state index in [1.807, 2.05) is 0 Å². The molecule has 0 atom stereocenters. The fourth-order valence-electron chi connectivity index (χ4n) is 2.95. The first-order valence-electron chi connectivity index (χ1n) is 7.43. The van der Waals surface area contributed by atoms with Crippen LogP contribution >= 0.6 is 0 Å². The van der Waals surface area contributed by atoms with E-state index in [4.69, 9.17) is 9.15 Å². The van der Waals surface area contributed by atoms with Gasteiger partial charge >= 0.3 is 6.18 Å². The van der Waals surface area contributed by atoms with Gasteiger partial charge in [0.1, 0.15) is 16.9 Å². The molecule has 3 aromatic carbocycles. The van der Waals surface area contributed by atoms with Crippen molar-refractivity contribution < 1.29 is 22.3 Å². The zero-order valence-electron chi connectivity index (χ0n) is 13.0. The van der Waals surface area contributed by atoms with Crippen LogP contribution in [-0.2, 0) is 6.18 Å². The summed E-state index contributed by atoms with van der Waals surface area (Å²) < 4.78 is 50.0. The number of halogens is 3. The predicted octanol–water partition coefficient (Wildman–Crippen LogP) is 5.13. The molecule has 0 aliphatic heterocycles. The van der Waals surface area contributed by atoms with E-state index in [0.717, 1.165) is 12.1 Å². The summed E-state index contributed by atoms with van der Waals surface area (Å²) in [5.74, 6) is 0.523. The number of alkyl halides is 3. The molecule has 0 amide bonds. The van der Waals surface area contributed by atoms with Crippen LogP contribution in [0.1, 0.15) is 5.56 Å². The Morgan fingerprint density at radius 2 is 1.68 bits per heavy atom. The minimum Gasteiger partial charge on any atom is -0.497 e. The summed E-state index contributed by atoms with van der Waals surface area (Å²) in [5.41, 5.74) is -0.619. The summed E-state index contributed by atoms with van der Waals surface area (Å²) in [6.07, 6.45) is -4.49. The molecule has 25 heavy (non-hydrogen) atoms. The molecule has 0 saturated heterocycles. The Morgan fingerprint density at radius 3 is 2.40 bits per heavy atom. The third-order valence-corrected chi connectivity index (χ3v) is 4.19. The lowest BCUT2D eigenvalue weighted by molar-refractivity contribution is -0.137. The molecule has 126 valence electrons. The number of hydrogen-bond acceptors (Lipinski definition) is 3. The molecule has 1 heterocycles. The largest absolute Gasteiger partial charge is 0.497 e. The van der Waals surface area contributed by atoms with Crippen LogP contribution < -0.4 is 10.2 Å². The second-order valence-electron chi connectivity index (χ2n) is 5.67. The van der Waals surface area contributed by atoms with Crippen molar-refractivity contribution in [1.29, 1.82) is 0 Å². The molecule has 1 aromatic heterocycles. The minimum atomic E-state index is -4.49. The number of fused-ring (bicyclic) bond motifs is 4. The zero-order chi connectivity index (χ0) is 17.8. The van der Waals surface area contributed by atoms with E-state index >= 15 is 0 Å². The van der Waals surface area contributed by atoms with E-state index in [0.29, 0.717) is 22.1 Å². The molecule has 6 heteroatoms. The average Bonchev–Trinajstić information content (AvgIpc) is 2.59. The van der Waals surface area contributed by atoms with Crippen molar-refractivity contribution in [2.75, 3.05) is 7.11 Å². The minimum absolute atomic E-state index is 0.140. The average molecular weight is 344 g/mol. The van der Waals surface area contributed by atoms with Crippen molar-refractivity contribution in [2.45, 2.75) is 6.18 Å². The molecule has 0 N–H and O–H groups in total. The van der Waals surface area contributed by atoms with E-state index in [2.05, 4.69) is 0 Å². The maximum atomic E-state index is 13.0. The van der Waals surface area contributed by atoms with Gasteiger partial charge in [-0.05, 0) is 41.1 Å². The number of ether oxygens (including phenoxy) is 1. The van der Waals surface area contributed by atoms with Crippen LogP contribution in [0, 0.1) is 0 Å². The van der Waals surface area contributed by atoms with Gasteiger partial charge in [-0.3, -0.25) is 4.79 Å². The Labute approximate surface area is 139 Å². The third kappa shape index (κ3) is 2.41. The second kappa shape index (κ2) is 5.24. The van der Waals surface area contributed by atoms with E-state index in [1.54, 1.807) is 30.3 Å². The number of hydrogen-bond donors (Lipinski definition) is 0. The smallest absolute Gasteiger partial charge is 0.416 e. The lowest BCUT2D eigenvalue weighted by Crippen LogP contribution is -2.06. The van der Waals surface area contributed by atoms with E-state index in [9.17, 15) is 18.0 Å². The Balaban J connectivity index is 2.16. The van der Waals surface area contributed by atoms with Crippen LogP contribution in [0.4, 0.5) is 13.2 Å². The number of benzene rings is 3. The Bertz CT molecular complexity index is 1190. The molecule has 0 bridgehead atoms. The van der Waals surface area contributed by atoms with Gasteiger partial charge in [0, 0.05) is 6.07 Å². The molecule has 0 saturated carbocycles. The topological polar surface area (TPSA) is 39.4 Å². The summed E-state index contributed by atoms with van der Waals surface area (Å²) in [7, 11) is 1.49. The highest BCUT2D eigenvalue weighted by atomic mass is 19.4. The first kappa shape index (κ1) is 15.5. The third-order valence-electron chi connectivity index (χ3n) is 4.19. The highest BCUT2D eigenvalue weighted by Crippen LogP contribution is 2.34. The summed E-state index contributed by atoms with van der Waals surface area (Å²) in [4.78, 5) is 12.9.